The number of rotatable bonds is 6. The molecule has 1 aromatic rings. The summed E-state index contributed by atoms with van der Waals surface area (Å²) in [6.45, 7) is 8.42. The normalized spacial score (nSPS) is 13.2. The van der Waals surface area contributed by atoms with Gasteiger partial charge in [-0.05, 0) is 51.8 Å². The molecular weight excluding hydrogens is 306 g/mol. The number of aryl methyl sites for hydroxylation is 1. The highest BCUT2D eigenvalue weighted by Gasteiger charge is 2.21. The number of halogens is 1. The minimum atomic E-state index is -0.136. The molecular formula is C15H24BrNO2. The summed E-state index contributed by atoms with van der Waals surface area (Å²) in [4.78, 5) is 0. The Bertz CT molecular complexity index is 432. The first kappa shape index (κ1) is 16.3. The number of hydrogen-bond acceptors (Lipinski definition) is 3. The smallest absolute Gasteiger partial charge is 0.143 e. The fourth-order valence-corrected chi connectivity index (χ4v) is 2.73. The van der Waals surface area contributed by atoms with E-state index in [1.807, 2.05) is 6.07 Å². The van der Waals surface area contributed by atoms with Gasteiger partial charge < -0.3 is 14.8 Å². The van der Waals surface area contributed by atoms with Gasteiger partial charge in [-0.1, -0.05) is 15.9 Å². The summed E-state index contributed by atoms with van der Waals surface area (Å²) in [5, 5.41) is 3.52. The molecule has 0 aliphatic heterocycles. The van der Waals surface area contributed by atoms with E-state index in [9.17, 15) is 0 Å². The molecule has 0 aromatic heterocycles. The van der Waals surface area contributed by atoms with Gasteiger partial charge in [0.2, 0.25) is 0 Å². The van der Waals surface area contributed by atoms with Crippen molar-refractivity contribution in [3.63, 3.8) is 0 Å². The van der Waals surface area contributed by atoms with Crippen molar-refractivity contribution >= 4 is 21.6 Å². The summed E-state index contributed by atoms with van der Waals surface area (Å²) in [6.07, 6.45) is 0.919. The van der Waals surface area contributed by atoms with E-state index < -0.39 is 0 Å². The second-order valence-corrected chi connectivity index (χ2v) is 6.43. The molecule has 1 atom stereocenters. The predicted molar refractivity (Wildman–Crippen MR) is 84.2 cm³/mol. The fraction of sp³-hybridized carbons (Fsp3) is 0.600. The van der Waals surface area contributed by atoms with E-state index >= 15 is 0 Å². The average molecular weight is 330 g/mol. The fourth-order valence-electron chi connectivity index (χ4n) is 2.18. The second-order valence-electron chi connectivity index (χ2n) is 5.51. The molecule has 0 fully saturated rings. The number of hydrogen-bond donors (Lipinski definition) is 1. The van der Waals surface area contributed by atoms with E-state index in [-0.39, 0.29) is 5.60 Å². The molecule has 1 unspecified atom stereocenters. The van der Waals surface area contributed by atoms with Gasteiger partial charge in [0.05, 0.1) is 18.4 Å². The molecule has 0 saturated carbocycles. The van der Waals surface area contributed by atoms with Crippen LogP contribution in [-0.2, 0) is 4.74 Å². The van der Waals surface area contributed by atoms with Crippen LogP contribution in [0.1, 0.15) is 32.8 Å². The van der Waals surface area contributed by atoms with E-state index in [0.717, 1.165) is 27.9 Å². The van der Waals surface area contributed by atoms with Crippen molar-refractivity contribution in [1.29, 1.82) is 0 Å². The van der Waals surface area contributed by atoms with Crippen LogP contribution in [0.4, 0.5) is 5.69 Å². The van der Waals surface area contributed by atoms with Gasteiger partial charge in [0.1, 0.15) is 5.75 Å². The predicted octanol–water partition coefficient (Wildman–Crippen LogP) is 4.38. The number of ether oxygens (including phenoxy) is 2. The van der Waals surface area contributed by atoms with Crippen LogP contribution in [-0.4, -0.2) is 25.9 Å². The molecule has 4 heteroatoms. The lowest BCUT2D eigenvalue weighted by Gasteiger charge is -2.28. The molecule has 1 rings (SSSR count). The summed E-state index contributed by atoms with van der Waals surface area (Å²) in [7, 11) is 3.44. The molecule has 0 aliphatic carbocycles. The minimum Gasteiger partial charge on any atom is -0.495 e. The summed E-state index contributed by atoms with van der Waals surface area (Å²) >= 11 is 3.49. The molecule has 0 amide bonds. The summed E-state index contributed by atoms with van der Waals surface area (Å²) < 4.78 is 11.9. The largest absolute Gasteiger partial charge is 0.495 e. The molecule has 0 spiro atoms. The first-order valence-corrected chi connectivity index (χ1v) is 7.24. The average Bonchev–Trinajstić information content (AvgIpc) is 2.31. The monoisotopic (exact) mass is 329 g/mol. The quantitative estimate of drug-likeness (QED) is 0.839. The summed E-state index contributed by atoms with van der Waals surface area (Å²) in [5.74, 6) is 0.856. The zero-order valence-electron chi connectivity index (χ0n) is 12.6. The molecule has 0 saturated heterocycles. The van der Waals surface area contributed by atoms with E-state index in [2.05, 4.69) is 55.0 Å². The maximum Gasteiger partial charge on any atom is 0.143 e. The Morgan fingerprint density at radius 3 is 2.47 bits per heavy atom. The van der Waals surface area contributed by atoms with Gasteiger partial charge in [-0.25, -0.2) is 0 Å². The Labute approximate surface area is 124 Å². The van der Waals surface area contributed by atoms with Crippen LogP contribution in [0.3, 0.4) is 0 Å². The van der Waals surface area contributed by atoms with Crippen molar-refractivity contribution < 1.29 is 9.47 Å². The van der Waals surface area contributed by atoms with Crippen molar-refractivity contribution in [1.82, 2.24) is 0 Å². The van der Waals surface area contributed by atoms with Crippen LogP contribution in [0, 0.1) is 6.92 Å². The summed E-state index contributed by atoms with van der Waals surface area (Å²) in [6, 6.07) is 4.35. The number of benzene rings is 1. The summed E-state index contributed by atoms with van der Waals surface area (Å²) in [5.41, 5.74) is 2.07. The molecule has 1 N–H and O–H groups in total. The lowest BCUT2D eigenvalue weighted by Crippen LogP contribution is -2.31. The van der Waals surface area contributed by atoms with Gasteiger partial charge in [0.25, 0.3) is 0 Å². The van der Waals surface area contributed by atoms with Crippen molar-refractivity contribution in [3.8, 4) is 5.75 Å². The third kappa shape index (κ3) is 4.69. The van der Waals surface area contributed by atoms with Crippen molar-refractivity contribution in [3.05, 3.63) is 22.2 Å². The van der Waals surface area contributed by atoms with Crippen molar-refractivity contribution in [2.75, 3.05) is 19.5 Å². The zero-order chi connectivity index (χ0) is 14.6. The first-order valence-electron chi connectivity index (χ1n) is 6.45. The lowest BCUT2D eigenvalue weighted by molar-refractivity contribution is 0.0128. The molecule has 19 heavy (non-hydrogen) atoms. The highest BCUT2D eigenvalue weighted by Crippen LogP contribution is 2.33. The Morgan fingerprint density at radius 1 is 1.32 bits per heavy atom. The maximum absolute atomic E-state index is 5.47. The van der Waals surface area contributed by atoms with E-state index in [1.54, 1.807) is 14.2 Å². The van der Waals surface area contributed by atoms with Crippen LogP contribution in [0.15, 0.2) is 16.6 Å². The lowest BCUT2D eigenvalue weighted by atomic mass is 9.99. The van der Waals surface area contributed by atoms with Gasteiger partial charge in [-0.3, -0.25) is 0 Å². The molecule has 0 aliphatic rings. The number of methoxy groups -OCH3 is 2. The minimum absolute atomic E-state index is 0.136. The third-order valence-electron chi connectivity index (χ3n) is 3.23. The van der Waals surface area contributed by atoms with Crippen LogP contribution in [0.25, 0.3) is 0 Å². The topological polar surface area (TPSA) is 30.5 Å². The Hall–Kier alpha value is -0.740. The van der Waals surface area contributed by atoms with Gasteiger partial charge >= 0.3 is 0 Å². The van der Waals surface area contributed by atoms with E-state index in [4.69, 9.17) is 9.47 Å². The van der Waals surface area contributed by atoms with Crippen molar-refractivity contribution in [2.45, 2.75) is 45.8 Å². The maximum atomic E-state index is 5.47. The highest BCUT2D eigenvalue weighted by molar-refractivity contribution is 9.10. The molecule has 0 bridgehead atoms. The molecule has 1 aromatic carbocycles. The van der Waals surface area contributed by atoms with Crippen molar-refractivity contribution in [2.24, 2.45) is 0 Å². The van der Waals surface area contributed by atoms with Gasteiger partial charge in [-0.15, -0.1) is 0 Å². The molecule has 0 radical (unpaired) electrons. The highest BCUT2D eigenvalue weighted by atomic mass is 79.9. The Balaban J connectivity index is 2.87. The van der Waals surface area contributed by atoms with Crippen LogP contribution in [0.5, 0.6) is 5.75 Å². The Kier molecular flexibility index (Phi) is 5.68. The first-order chi connectivity index (χ1) is 8.79. The van der Waals surface area contributed by atoms with E-state index in [0.29, 0.717) is 6.04 Å². The molecule has 0 heterocycles. The Morgan fingerprint density at radius 2 is 1.95 bits per heavy atom. The molecule has 108 valence electrons. The SMILES string of the molecule is COc1cc(Br)cc(C)c1NC(C)CC(C)(C)OC. The number of nitrogens with one attached hydrogen (secondary N) is 1. The van der Waals surface area contributed by atoms with Gasteiger partial charge in [0.15, 0.2) is 0 Å². The van der Waals surface area contributed by atoms with E-state index in [1.165, 1.54) is 0 Å². The van der Waals surface area contributed by atoms with Crippen LogP contribution >= 0.6 is 15.9 Å². The van der Waals surface area contributed by atoms with Crippen LogP contribution < -0.4 is 10.1 Å². The van der Waals surface area contributed by atoms with Crippen LogP contribution in [0.2, 0.25) is 0 Å². The third-order valence-corrected chi connectivity index (χ3v) is 3.68. The second kappa shape index (κ2) is 6.62. The number of anilines is 1. The standard InChI is InChI=1S/C15H24BrNO2/c1-10-7-12(16)8-13(18-5)14(10)17-11(2)9-15(3,4)19-6/h7-8,11,17H,9H2,1-6H3. The zero-order valence-corrected chi connectivity index (χ0v) is 14.2. The molecule has 3 nitrogen and oxygen atoms in total. The van der Waals surface area contributed by atoms with Gasteiger partial charge in [-0.2, -0.15) is 0 Å². The van der Waals surface area contributed by atoms with Gasteiger partial charge in [0, 0.05) is 17.6 Å².